The molecule has 0 radical (unpaired) electrons. The lowest BCUT2D eigenvalue weighted by Gasteiger charge is -2.42. The zero-order valence-electron chi connectivity index (χ0n) is 9.13. The van der Waals surface area contributed by atoms with Crippen LogP contribution in [0.5, 0.6) is 0 Å². The topological polar surface area (TPSA) is 9.23 Å². The summed E-state index contributed by atoms with van der Waals surface area (Å²) in [5.74, 6) is 0. The summed E-state index contributed by atoms with van der Waals surface area (Å²) in [6, 6.07) is 3.99. The minimum absolute atomic E-state index is 0.621. The summed E-state index contributed by atoms with van der Waals surface area (Å²) in [5.41, 5.74) is 0. The second kappa shape index (κ2) is 4.62. The largest absolute Gasteiger partial charge is 0.414 e. The van der Waals surface area contributed by atoms with Crippen LogP contribution in [0.25, 0.3) is 0 Å². The third-order valence-corrected chi connectivity index (χ3v) is 8.15. The maximum absolute atomic E-state index is 6.42. The first-order chi connectivity index (χ1) is 6.85. The molecule has 2 aliphatic rings. The highest BCUT2D eigenvalue weighted by Crippen LogP contribution is 2.39. The second-order valence-corrected chi connectivity index (χ2v) is 8.92. The second-order valence-electron chi connectivity index (χ2n) is 4.91. The normalized spacial score (nSPS) is 26.9. The van der Waals surface area contributed by atoms with Gasteiger partial charge in [-0.2, -0.15) is 0 Å². The van der Waals surface area contributed by atoms with E-state index in [1.165, 1.54) is 56.7 Å². The molecule has 2 heteroatoms. The van der Waals surface area contributed by atoms with Crippen molar-refractivity contribution in [3.63, 3.8) is 0 Å². The minimum atomic E-state index is -1.25. The summed E-state index contributed by atoms with van der Waals surface area (Å²) in [6.07, 6.45) is 11.0. The van der Waals surface area contributed by atoms with Gasteiger partial charge in [0.25, 0.3) is 0 Å². The molecule has 1 nitrogen and oxygen atoms in total. The van der Waals surface area contributed by atoms with Crippen molar-refractivity contribution in [2.75, 3.05) is 0 Å². The maximum atomic E-state index is 6.42. The fraction of sp³-hybridized carbons (Fsp3) is 0.833. The lowest BCUT2D eigenvalue weighted by molar-refractivity contribution is 0.136. The number of rotatable bonds is 4. The number of allylic oxidation sites excluding steroid dienone is 1. The van der Waals surface area contributed by atoms with Crippen LogP contribution in [0.2, 0.25) is 18.1 Å². The summed E-state index contributed by atoms with van der Waals surface area (Å²) in [4.78, 5) is 0. The molecule has 0 aromatic rings. The molecule has 1 aliphatic carbocycles. The van der Waals surface area contributed by atoms with Gasteiger partial charge in [0.15, 0.2) is 8.32 Å². The van der Waals surface area contributed by atoms with Gasteiger partial charge in [-0.05, 0) is 31.0 Å². The van der Waals surface area contributed by atoms with E-state index in [1.807, 2.05) is 0 Å². The van der Waals surface area contributed by atoms with Crippen LogP contribution in [-0.4, -0.2) is 14.4 Å². The lowest BCUT2D eigenvalue weighted by atomic mass is 9.98. The SMILES string of the molecule is C=CC[Si]1(OC2CCCCC2)CCC1. The Labute approximate surface area is 88.7 Å². The van der Waals surface area contributed by atoms with Gasteiger partial charge in [-0.3, -0.25) is 0 Å². The molecule has 0 aromatic heterocycles. The van der Waals surface area contributed by atoms with Crippen LogP contribution in [0.4, 0.5) is 0 Å². The molecule has 0 amide bonds. The Balaban J connectivity index is 1.83. The van der Waals surface area contributed by atoms with E-state index in [4.69, 9.17) is 4.43 Å². The van der Waals surface area contributed by atoms with Crippen molar-refractivity contribution >= 4 is 8.32 Å². The van der Waals surface area contributed by atoms with E-state index in [9.17, 15) is 0 Å². The van der Waals surface area contributed by atoms with Gasteiger partial charge in [-0.25, -0.2) is 0 Å². The first-order valence-corrected chi connectivity index (χ1v) is 8.66. The molecule has 1 saturated carbocycles. The monoisotopic (exact) mass is 210 g/mol. The molecule has 2 fully saturated rings. The first kappa shape index (κ1) is 10.4. The van der Waals surface area contributed by atoms with Crippen LogP contribution in [0.15, 0.2) is 12.7 Å². The van der Waals surface area contributed by atoms with Crippen molar-refractivity contribution in [2.24, 2.45) is 0 Å². The molecule has 1 aliphatic heterocycles. The van der Waals surface area contributed by atoms with Crippen molar-refractivity contribution < 1.29 is 4.43 Å². The Kier molecular flexibility index (Phi) is 3.45. The van der Waals surface area contributed by atoms with Crippen LogP contribution in [0.3, 0.4) is 0 Å². The minimum Gasteiger partial charge on any atom is -0.414 e. The van der Waals surface area contributed by atoms with Gasteiger partial charge in [0.1, 0.15) is 0 Å². The predicted octanol–water partition coefficient (Wildman–Crippen LogP) is 3.87. The molecule has 0 atom stereocenters. The van der Waals surface area contributed by atoms with Gasteiger partial charge in [-0.15, -0.1) is 6.58 Å². The Morgan fingerprint density at radius 3 is 2.36 bits per heavy atom. The van der Waals surface area contributed by atoms with Crippen LogP contribution in [0.1, 0.15) is 38.5 Å². The molecular weight excluding hydrogens is 188 g/mol. The highest BCUT2D eigenvalue weighted by molar-refractivity contribution is 6.76. The Morgan fingerprint density at radius 2 is 1.86 bits per heavy atom. The zero-order valence-corrected chi connectivity index (χ0v) is 10.1. The molecule has 14 heavy (non-hydrogen) atoms. The molecule has 2 rings (SSSR count). The van der Waals surface area contributed by atoms with Crippen LogP contribution in [-0.2, 0) is 4.43 Å². The van der Waals surface area contributed by atoms with E-state index in [1.54, 1.807) is 0 Å². The van der Waals surface area contributed by atoms with Crippen LogP contribution in [0, 0.1) is 0 Å². The standard InChI is InChI=1S/C12H22OSi/c1-2-9-14(10-6-11-14)13-12-7-4-3-5-8-12/h2,12H,1,3-11H2. The van der Waals surface area contributed by atoms with Crippen LogP contribution < -0.4 is 0 Å². The predicted molar refractivity (Wildman–Crippen MR) is 62.9 cm³/mol. The highest BCUT2D eigenvalue weighted by Gasteiger charge is 2.42. The first-order valence-electron chi connectivity index (χ1n) is 6.13. The van der Waals surface area contributed by atoms with E-state index in [0.29, 0.717) is 6.10 Å². The summed E-state index contributed by atoms with van der Waals surface area (Å²) in [6.45, 7) is 3.88. The van der Waals surface area contributed by atoms with E-state index < -0.39 is 8.32 Å². The van der Waals surface area contributed by atoms with Crippen molar-refractivity contribution in [1.82, 2.24) is 0 Å². The summed E-state index contributed by atoms with van der Waals surface area (Å²) in [5, 5.41) is 0. The molecular formula is C12H22OSi. The lowest BCUT2D eigenvalue weighted by Crippen LogP contribution is -2.47. The average molecular weight is 210 g/mol. The van der Waals surface area contributed by atoms with E-state index in [-0.39, 0.29) is 0 Å². The molecule has 0 aromatic carbocycles. The molecule has 0 N–H and O–H groups in total. The Bertz CT molecular complexity index is 192. The molecule has 0 bridgehead atoms. The zero-order chi connectivity index (χ0) is 9.86. The smallest absolute Gasteiger partial charge is 0.196 e. The van der Waals surface area contributed by atoms with Gasteiger partial charge in [-0.1, -0.05) is 31.8 Å². The number of hydrogen-bond acceptors (Lipinski definition) is 1. The summed E-state index contributed by atoms with van der Waals surface area (Å²) in [7, 11) is -1.25. The van der Waals surface area contributed by atoms with Gasteiger partial charge in [0.2, 0.25) is 0 Å². The average Bonchev–Trinajstić information content (AvgIpc) is 2.16. The molecule has 0 spiro atoms. The van der Waals surface area contributed by atoms with Gasteiger partial charge in [0.05, 0.1) is 0 Å². The van der Waals surface area contributed by atoms with Gasteiger partial charge < -0.3 is 4.43 Å². The van der Waals surface area contributed by atoms with E-state index >= 15 is 0 Å². The third kappa shape index (κ3) is 2.29. The Morgan fingerprint density at radius 1 is 1.14 bits per heavy atom. The third-order valence-electron chi connectivity index (χ3n) is 3.75. The van der Waals surface area contributed by atoms with E-state index in [0.717, 1.165) is 0 Å². The molecule has 1 heterocycles. The molecule has 1 saturated heterocycles. The van der Waals surface area contributed by atoms with Crippen LogP contribution >= 0.6 is 0 Å². The highest BCUT2D eigenvalue weighted by atomic mass is 28.4. The summed E-state index contributed by atoms with van der Waals surface area (Å²) < 4.78 is 6.42. The van der Waals surface area contributed by atoms with Crippen molar-refractivity contribution in [3.05, 3.63) is 12.7 Å². The van der Waals surface area contributed by atoms with Crippen molar-refractivity contribution in [3.8, 4) is 0 Å². The molecule has 80 valence electrons. The summed E-state index contributed by atoms with van der Waals surface area (Å²) >= 11 is 0. The van der Waals surface area contributed by atoms with Gasteiger partial charge in [0, 0.05) is 6.10 Å². The van der Waals surface area contributed by atoms with Crippen molar-refractivity contribution in [2.45, 2.75) is 62.8 Å². The van der Waals surface area contributed by atoms with Crippen molar-refractivity contribution in [1.29, 1.82) is 0 Å². The fourth-order valence-electron chi connectivity index (χ4n) is 2.74. The number of hydrogen-bond donors (Lipinski definition) is 0. The molecule has 0 unspecified atom stereocenters. The fourth-order valence-corrected chi connectivity index (χ4v) is 6.09. The van der Waals surface area contributed by atoms with Gasteiger partial charge >= 0.3 is 0 Å². The van der Waals surface area contributed by atoms with E-state index in [2.05, 4.69) is 12.7 Å². The quantitative estimate of drug-likeness (QED) is 0.505. The Hall–Kier alpha value is -0.0831. The maximum Gasteiger partial charge on any atom is 0.196 e.